The molecule has 0 atom stereocenters. The monoisotopic (exact) mass is 242 g/mol. The number of pyridine rings is 1. The highest BCUT2D eigenvalue weighted by Gasteiger charge is 2.13. The molecule has 1 heterocycles. The first-order valence-corrected chi connectivity index (χ1v) is 5.58. The Kier molecular flexibility index (Phi) is 3.57. The largest absolute Gasteiger partial charge is 0.496 e. The van der Waals surface area contributed by atoms with Crippen molar-refractivity contribution in [1.29, 1.82) is 0 Å². The molecule has 0 aliphatic carbocycles. The number of hydrogen-bond acceptors (Lipinski definition) is 4. The molecule has 0 spiro atoms. The highest BCUT2D eigenvalue weighted by atomic mass is 16.5. The summed E-state index contributed by atoms with van der Waals surface area (Å²) < 4.78 is 5.17. The second-order valence-electron chi connectivity index (χ2n) is 3.85. The average Bonchev–Trinajstić information content (AvgIpc) is 2.41. The molecule has 18 heavy (non-hydrogen) atoms. The van der Waals surface area contributed by atoms with Crippen LogP contribution >= 0.6 is 0 Å². The number of anilines is 1. The molecule has 0 saturated heterocycles. The third-order valence-corrected chi connectivity index (χ3v) is 2.68. The van der Waals surface area contributed by atoms with Crippen LogP contribution in [0.15, 0.2) is 42.6 Å². The third kappa shape index (κ3) is 2.48. The van der Waals surface area contributed by atoms with E-state index in [0.29, 0.717) is 17.1 Å². The number of ether oxygens (including phenoxy) is 1. The number of carbonyl (C=O) groups excluding carboxylic acids is 1. The molecular formula is C14H14N2O2. The van der Waals surface area contributed by atoms with Gasteiger partial charge in [0.1, 0.15) is 11.6 Å². The Bertz CT molecular complexity index is 567. The lowest BCUT2D eigenvalue weighted by Gasteiger charge is -2.08. The van der Waals surface area contributed by atoms with Crippen LogP contribution in [0.5, 0.6) is 5.75 Å². The number of nitrogen functional groups attached to an aromatic ring is 1. The zero-order valence-electron chi connectivity index (χ0n) is 10.1. The van der Waals surface area contributed by atoms with Gasteiger partial charge in [0, 0.05) is 18.2 Å². The first-order chi connectivity index (χ1) is 8.72. The Morgan fingerprint density at radius 2 is 2.06 bits per heavy atom. The van der Waals surface area contributed by atoms with Crippen LogP contribution in [0.4, 0.5) is 5.82 Å². The minimum atomic E-state index is -0.0350. The number of benzene rings is 1. The van der Waals surface area contributed by atoms with Gasteiger partial charge in [0.15, 0.2) is 5.78 Å². The van der Waals surface area contributed by atoms with Crippen molar-refractivity contribution in [2.24, 2.45) is 0 Å². The molecule has 0 aliphatic rings. The number of para-hydroxylation sites is 1. The van der Waals surface area contributed by atoms with E-state index in [1.54, 1.807) is 37.6 Å². The summed E-state index contributed by atoms with van der Waals surface area (Å²) >= 11 is 0. The van der Waals surface area contributed by atoms with Crippen LogP contribution in [-0.4, -0.2) is 17.9 Å². The second-order valence-corrected chi connectivity index (χ2v) is 3.85. The number of rotatable bonds is 4. The second kappa shape index (κ2) is 5.31. The fourth-order valence-corrected chi connectivity index (χ4v) is 1.74. The molecule has 4 nitrogen and oxygen atoms in total. The number of nitrogens with zero attached hydrogens (tertiary/aromatic N) is 1. The number of carbonyl (C=O) groups is 1. The van der Waals surface area contributed by atoms with E-state index in [-0.39, 0.29) is 12.2 Å². The Hall–Kier alpha value is -2.36. The lowest BCUT2D eigenvalue weighted by atomic mass is 10.0. The molecule has 0 saturated carbocycles. The molecule has 1 aromatic heterocycles. The number of nitrogens with two attached hydrogens (primary N) is 1. The molecular weight excluding hydrogens is 228 g/mol. The van der Waals surface area contributed by atoms with Crippen molar-refractivity contribution in [2.75, 3.05) is 12.8 Å². The zero-order chi connectivity index (χ0) is 13.0. The molecule has 92 valence electrons. The maximum atomic E-state index is 12.2. The Balaban J connectivity index is 2.25. The standard InChI is InChI=1S/C14H14N2O2/c1-18-13-7-3-2-6-11(13)12(17)9-10-5-4-8-16-14(10)15/h2-8H,9H2,1H3,(H2,15,16). The quantitative estimate of drug-likeness (QED) is 0.834. The molecule has 0 fully saturated rings. The van der Waals surface area contributed by atoms with Crippen molar-refractivity contribution < 1.29 is 9.53 Å². The van der Waals surface area contributed by atoms with Gasteiger partial charge in [0.05, 0.1) is 12.7 Å². The predicted octanol–water partition coefficient (Wildman–Crippen LogP) is 2.10. The van der Waals surface area contributed by atoms with E-state index in [1.807, 2.05) is 12.1 Å². The molecule has 2 N–H and O–H groups in total. The van der Waals surface area contributed by atoms with Crippen molar-refractivity contribution in [3.63, 3.8) is 0 Å². The summed E-state index contributed by atoms with van der Waals surface area (Å²) in [7, 11) is 1.55. The Labute approximate surface area is 105 Å². The van der Waals surface area contributed by atoms with Crippen LogP contribution in [0.25, 0.3) is 0 Å². The van der Waals surface area contributed by atoms with Gasteiger partial charge < -0.3 is 10.5 Å². The molecule has 1 aromatic carbocycles. The van der Waals surface area contributed by atoms with E-state index >= 15 is 0 Å². The zero-order valence-corrected chi connectivity index (χ0v) is 10.1. The fourth-order valence-electron chi connectivity index (χ4n) is 1.74. The molecule has 0 amide bonds. The molecule has 2 rings (SSSR count). The van der Waals surface area contributed by atoms with E-state index in [1.165, 1.54) is 0 Å². The lowest BCUT2D eigenvalue weighted by Crippen LogP contribution is -2.08. The topological polar surface area (TPSA) is 65.2 Å². The SMILES string of the molecule is COc1ccccc1C(=O)Cc1cccnc1N. The van der Waals surface area contributed by atoms with E-state index in [4.69, 9.17) is 10.5 Å². The maximum Gasteiger partial charge on any atom is 0.171 e. The highest BCUT2D eigenvalue weighted by molar-refractivity contribution is 6.00. The van der Waals surface area contributed by atoms with Crippen LogP contribution < -0.4 is 10.5 Å². The molecule has 0 bridgehead atoms. The fraction of sp³-hybridized carbons (Fsp3) is 0.143. The van der Waals surface area contributed by atoms with Gasteiger partial charge in [0.2, 0.25) is 0 Å². The number of aromatic nitrogens is 1. The van der Waals surface area contributed by atoms with Gasteiger partial charge in [-0.3, -0.25) is 4.79 Å². The molecule has 0 radical (unpaired) electrons. The van der Waals surface area contributed by atoms with Crippen molar-refractivity contribution in [1.82, 2.24) is 4.98 Å². The van der Waals surface area contributed by atoms with E-state index in [0.717, 1.165) is 5.56 Å². The number of hydrogen-bond donors (Lipinski definition) is 1. The summed E-state index contributed by atoms with van der Waals surface area (Å²) in [5.41, 5.74) is 7.01. The van der Waals surface area contributed by atoms with Gasteiger partial charge in [-0.1, -0.05) is 18.2 Å². The minimum absolute atomic E-state index is 0.0350. The first kappa shape index (κ1) is 12.1. The molecule has 0 aliphatic heterocycles. The number of ketones is 1. The van der Waals surface area contributed by atoms with Gasteiger partial charge >= 0.3 is 0 Å². The van der Waals surface area contributed by atoms with Gasteiger partial charge in [-0.05, 0) is 18.2 Å². The first-order valence-electron chi connectivity index (χ1n) is 5.58. The van der Waals surface area contributed by atoms with Crippen LogP contribution in [0, 0.1) is 0 Å². The van der Waals surface area contributed by atoms with E-state index in [2.05, 4.69) is 4.98 Å². The summed E-state index contributed by atoms with van der Waals surface area (Å²) in [6.45, 7) is 0. The summed E-state index contributed by atoms with van der Waals surface area (Å²) in [4.78, 5) is 16.1. The normalized spacial score (nSPS) is 10.1. The minimum Gasteiger partial charge on any atom is -0.496 e. The van der Waals surface area contributed by atoms with Crippen LogP contribution in [0.1, 0.15) is 15.9 Å². The number of methoxy groups -OCH3 is 1. The summed E-state index contributed by atoms with van der Waals surface area (Å²) in [5.74, 6) is 0.929. The number of Topliss-reactive ketones (excluding diaryl/α,β-unsaturated/α-hetero) is 1. The molecule has 0 unspecified atom stereocenters. The van der Waals surface area contributed by atoms with Crippen LogP contribution in [-0.2, 0) is 6.42 Å². The maximum absolute atomic E-state index is 12.2. The highest BCUT2D eigenvalue weighted by Crippen LogP contribution is 2.20. The van der Waals surface area contributed by atoms with Gasteiger partial charge in [-0.15, -0.1) is 0 Å². The van der Waals surface area contributed by atoms with Crippen molar-refractivity contribution in [3.8, 4) is 5.75 Å². The van der Waals surface area contributed by atoms with Crippen LogP contribution in [0.2, 0.25) is 0 Å². The Morgan fingerprint density at radius 1 is 1.28 bits per heavy atom. The van der Waals surface area contributed by atoms with Gasteiger partial charge in [-0.2, -0.15) is 0 Å². The average molecular weight is 242 g/mol. The van der Waals surface area contributed by atoms with E-state index in [9.17, 15) is 4.79 Å². The van der Waals surface area contributed by atoms with Gasteiger partial charge in [0.25, 0.3) is 0 Å². The predicted molar refractivity (Wildman–Crippen MR) is 69.7 cm³/mol. The van der Waals surface area contributed by atoms with E-state index < -0.39 is 0 Å². The summed E-state index contributed by atoms with van der Waals surface area (Å²) in [6, 6.07) is 10.7. The Morgan fingerprint density at radius 3 is 2.78 bits per heavy atom. The van der Waals surface area contributed by atoms with Crippen molar-refractivity contribution in [3.05, 3.63) is 53.7 Å². The molecule has 2 aromatic rings. The molecule has 4 heteroatoms. The van der Waals surface area contributed by atoms with Gasteiger partial charge in [-0.25, -0.2) is 4.98 Å². The van der Waals surface area contributed by atoms with Crippen molar-refractivity contribution >= 4 is 11.6 Å². The van der Waals surface area contributed by atoms with Crippen LogP contribution in [0.3, 0.4) is 0 Å². The summed E-state index contributed by atoms with van der Waals surface area (Å²) in [6.07, 6.45) is 1.83. The lowest BCUT2D eigenvalue weighted by molar-refractivity contribution is 0.0990. The third-order valence-electron chi connectivity index (χ3n) is 2.68. The smallest absolute Gasteiger partial charge is 0.171 e. The summed E-state index contributed by atoms with van der Waals surface area (Å²) in [5, 5.41) is 0. The van der Waals surface area contributed by atoms with Crippen molar-refractivity contribution in [2.45, 2.75) is 6.42 Å².